The molecule has 120 valence electrons. The summed E-state index contributed by atoms with van der Waals surface area (Å²) in [5.41, 5.74) is 2.67. The van der Waals surface area contributed by atoms with Gasteiger partial charge in [-0.3, -0.25) is 4.79 Å². The van der Waals surface area contributed by atoms with E-state index in [-0.39, 0.29) is 11.5 Å². The summed E-state index contributed by atoms with van der Waals surface area (Å²) in [6.07, 6.45) is 3.46. The van der Waals surface area contributed by atoms with Gasteiger partial charge in [0.15, 0.2) is 5.92 Å². The highest BCUT2D eigenvalue weighted by Crippen LogP contribution is 2.28. The maximum absolute atomic E-state index is 12.8. The van der Waals surface area contributed by atoms with Crippen LogP contribution in [0.25, 0.3) is 16.9 Å². The molecule has 0 aliphatic carbocycles. The predicted octanol–water partition coefficient (Wildman–Crippen LogP) is 3.95. The Kier molecular flexibility index (Phi) is 3.84. The van der Waals surface area contributed by atoms with Crippen molar-refractivity contribution in [3.63, 3.8) is 0 Å². The van der Waals surface area contributed by atoms with Crippen molar-refractivity contribution in [1.82, 2.24) is 14.4 Å². The number of Topliss-reactive ketones (excluding diaryl/α,β-unsaturated/α-hetero) is 1. The molecule has 0 unspecified atom stereocenters. The first-order valence-corrected chi connectivity index (χ1v) is 8.52. The zero-order valence-electron chi connectivity index (χ0n) is 13.0. The minimum absolute atomic E-state index is 0.272. The molecule has 0 aliphatic heterocycles. The van der Waals surface area contributed by atoms with Gasteiger partial charge in [-0.2, -0.15) is 5.26 Å². The Labute approximate surface area is 147 Å². The molecule has 0 spiro atoms. The quantitative estimate of drug-likeness (QED) is 0.526. The van der Waals surface area contributed by atoms with Crippen molar-refractivity contribution in [3.8, 4) is 17.3 Å². The second-order valence-electron chi connectivity index (χ2n) is 5.46. The van der Waals surface area contributed by atoms with Crippen molar-refractivity contribution < 1.29 is 4.79 Å². The summed E-state index contributed by atoms with van der Waals surface area (Å²) in [4.78, 5) is 21.6. The molecule has 1 atom stereocenters. The number of ketones is 1. The lowest BCUT2D eigenvalue weighted by Crippen LogP contribution is -2.11. The van der Waals surface area contributed by atoms with Crippen LogP contribution in [0.3, 0.4) is 0 Å². The number of aromatic nitrogens is 3. The van der Waals surface area contributed by atoms with Gasteiger partial charge in [-0.05, 0) is 12.1 Å². The van der Waals surface area contributed by atoms with E-state index in [1.165, 1.54) is 11.3 Å². The van der Waals surface area contributed by atoms with Crippen molar-refractivity contribution in [2.24, 2.45) is 0 Å². The molecule has 3 heterocycles. The third-order valence-electron chi connectivity index (χ3n) is 3.85. The van der Waals surface area contributed by atoms with E-state index < -0.39 is 5.92 Å². The van der Waals surface area contributed by atoms with Gasteiger partial charge in [-0.25, -0.2) is 9.97 Å². The van der Waals surface area contributed by atoms with Gasteiger partial charge in [0.05, 0.1) is 11.8 Å². The molecule has 0 saturated heterocycles. The molecule has 5 nitrogen and oxygen atoms in total. The van der Waals surface area contributed by atoms with Gasteiger partial charge in [0.25, 0.3) is 0 Å². The number of hydrogen-bond donors (Lipinski definition) is 0. The van der Waals surface area contributed by atoms with E-state index in [1.807, 2.05) is 60.1 Å². The summed E-state index contributed by atoms with van der Waals surface area (Å²) >= 11 is 1.32. The number of hydrogen-bond acceptors (Lipinski definition) is 5. The lowest BCUT2D eigenvalue weighted by atomic mass is 10.0. The average Bonchev–Trinajstić information content (AvgIpc) is 3.30. The number of pyridine rings is 1. The van der Waals surface area contributed by atoms with Crippen molar-refractivity contribution in [1.29, 1.82) is 5.26 Å². The molecular weight excluding hydrogens is 332 g/mol. The SMILES string of the molecule is N#C[C@H](C(=O)c1cn2ccccc2n1)c1nc(-c2ccccc2)cs1. The molecule has 1 aromatic carbocycles. The highest BCUT2D eigenvalue weighted by molar-refractivity contribution is 7.10. The van der Waals surface area contributed by atoms with E-state index in [4.69, 9.17) is 0 Å². The number of carbonyl (C=O) groups excluding carboxylic acids is 1. The Bertz CT molecular complexity index is 1060. The summed E-state index contributed by atoms with van der Waals surface area (Å²) in [5.74, 6) is -1.28. The van der Waals surface area contributed by atoms with E-state index >= 15 is 0 Å². The zero-order chi connectivity index (χ0) is 17.2. The van der Waals surface area contributed by atoms with Crippen LogP contribution in [-0.4, -0.2) is 20.2 Å². The van der Waals surface area contributed by atoms with Crippen LogP contribution in [0.4, 0.5) is 0 Å². The Morgan fingerprint density at radius 2 is 1.92 bits per heavy atom. The highest BCUT2D eigenvalue weighted by Gasteiger charge is 2.27. The van der Waals surface area contributed by atoms with Crippen LogP contribution in [-0.2, 0) is 0 Å². The van der Waals surface area contributed by atoms with Crippen molar-refractivity contribution >= 4 is 22.8 Å². The number of nitriles is 1. The average molecular weight is 344 g/mol. The number of imidazole rings is 1. The molecule has 0 bridgehead atoms. The number of fused-ring (bicyclic) bond motifs is 1. The standard InChI is InChI=1S/C19H12N4OS/c20-10-14(18(24)15-11-23-9-5-4-8-17(23)21-15)19-22-16(12-25-19)13-6-2-1-3-7-13/h1-9,11-12,14H/t14-/m1/s1. The summed E-state index contributed by atoms with van der Waals surface area (Å²) < 4.78 is 1.76. The lowest BCUT2D eigenvalue weighted by molar-refractivity contribution is 0.0974. The maximum atomic E-state index is 12.8. The number of thiazole rings is 1. The number of rotatable bonds is 4. The first kappa shape index (κ1) is 15.2. The van der Waals surface area contributed by atoms with Crippen LogP contribution in [0.2, 0.25) is 0 Å². The molecule has 0 radical (unpaired) electrons. The number of carbonyl (C=O) groups is 1. The van der Waals surface area contributed by atoms with Crippen LogP contribution < -0.4 is 0 Å². The topological polar surface area (TPSA) is 71.0 Å². The Hall–Kier alpha value is -3.30. The molecule has 3 aromatic heterocycles. The first-order chi connectivity index (χ1) is 12.3. The van der Waals surface area contributed by atoms with E-state index in [2.05, 4.69) is 16.0 Å². The maximum Gasteiger partial charge on any atom is 0.206 e. The Morgan fingerprint density at radius 3 is 2.68 bits per heavy atom. The third-order valence-corrected chi connectivity index (χ3v) is 4.76. The van der Waals surface area contributed by atoms with Crippen LogP contribution >= 0.6 is 11.3 Å². The van der Waals surface area contributed by atoms with Gasteiger partial charge in [0.2, 0.25) is 5.78 Å². The fraction of sp³-hybridized carbons (Fsp3) is 0.0526. The van der Waals surface area contributed by atoms with E-state index in [0.29, 0.717) is 10.7 Å². The number of nitrogens with zero attached hydrogens (tertiary/aromatic N) is 4. The molecule has 4 rings (SSSR count). The van der Waals surface area contributed by atoms with Crippen LogP contribution in [0, 0.1) is 11.3 Å². The fourth-order valence-corrected chi connectivity index (χ4v) is 3.46. The van der Waals surface area contributed by atoms with Gasteiger partial charge in [0.1, 0.15) is 16.3 Å². The lowest BCUT2D eigenvalue weighted by Gasteiger charge is -2.02. The molecule has 0 amide bonds. The smallest absolute Gasteiger partial charge is 0.206 e. The normalized spacial score (nSPS) is 12.0. The second kappa shape index (κ2) is 6.30. The molecule has 0 fully saturated rings. The molecule has 6 heteroatoms. The van der Waals surface area contributed by atoms with Gasteiger partial charge in [0, 0.05) is 23.3 Å². The minimum Gasteiger partial charge on any atom is -0.306 e. The molecule has 4 aromatic rings. The summed E-state index contributed by atoms with van der Waals surface area (Å²) in [6.45, 7) is 0. The minimum atomic E-state index is -0.952. The highest BCUT2D eigenvalue weighted by atomic mass is 32.1. The van der Waals surface area contributed by atoms with Gasteiger partial charge in [-0.15, -0.1) is 11.3 Å². The molecular formula is C19H12N4OS. The van der Waals surface area contributed by atoms with Crippen molar-refractivity contribution in [3.05, 3.63) is 77.0 Å². The molecule has 0 aliphatic rings. The van der Waals surface area contributed by atoms with E-state index in [9.17, 15) is 10.1 Å². The van der Waals surface area contributed by atoms with Crippen molar-refractivity contribution in [2.75, 3.05) is 0 Å². The molecule has 0 saturated carbocycles. The Balaban J connectivity index is 1.67. The summed E-state index contributed by atoms with van der Waals surface area (Å²) in [6, 6.07) is 17.3. The monoisotopic (exact) mass is 344 g/mol. The van der Waals surface area contributed by atoms with E-state index in [1.54, 1.807) is 10.6 Å². The van der Waals surface area contributed by atoms with Crippen molar-refractivity contribution in [2.45, 2.75) is 5.92 Å². The van der Waals surface area contributed by atoms with Crippen LogP contribution in [0.15, 0.2) is 66.3 Å². The largest absolute Gasteiger partial charge is 0.306 e. The van der Waals surface area contributed by atoms with E-state index in [0.717, 1.165) is 11.3 Å². The zero-order valence-corrected chi connectivity index (χ0v) is 13.9. The fourth-order valence-electron chi connectivity index (χ4n) is 2.59. The summed E-state index contributed by atoms with van der Waals surface area (Å²) in [7, 11) is 0. The number of benzene rings is 1. The van der Waals surface area contributed by atoms with Crippen LogP contribution in [0.5, 0.6) is 0 Å². The van der Waals surface area contributed by atoms with Gasteiger partial charge >= 0.3 is 0 Å². The van der Waals surface area contributed by atoms with Gasteiger partial charge < -0.3 is 4.40 Å². The van der Waals surface area contributed by atoms with Crippen LogP contribution in [0.1, 0.15) is 21.4 Å². The molecule has 0 N–H and O–H groups in total. The third kappa shape index (κ3) is 2.82. The first-order valence-electron chi connectivity index (χ1n) is 7.64. The predicted molar refractivity (Wildman–Crippen MR) is 95.4 cm³/mol. The summed E-state index contributed by atoms with van der Waals surface area (Å²) in [5, 5.41) is 11.9. The second-order valence-corrected chi connectivity index (χ2v) is 6.35. The Morgan fingerprint density at radius 1 is 1.12 bits per heavy atom. The van der Waals surface area contributed by atoms with Gasteiger partial charge in [-0.1, -0.05) is 36.4 Å². The molecule has 25 heavy (non-hydrogen) atoms.